The third-order valence-electron chi connectivity index (χ3n) is 4.54. The first-order chi connectivity index (χ1) is 12.5. The molecule has 1 heterocycles. The van der Waals surface area contributed by atoms with Crippen LogP contribution in [0.25, 0.3) is 10.8 Å². The zero-order valence-electron chi connectivity index (χ0n) is 14.1. The van der Waals surface area contributed by atoms with Crippen molar-refractivity contribution >= 4 is 38.1 Å². The number of nitrogens with one attached hydrogen (secondary N) is 1. The minimum Gasteiger partial charge on any atom is -0.312 e. The Balaban J connectivity index is 1.57. The van der Waals surface area contributed by atoms with Gasteiger partial charge >= 0.3 is 0 Å². The van der Waals surface area contributed by atoms with Crippen LogP contribution >= 0.6 is 0 Å². The van der Waals surface area contributed by atoms with Crippen molar-refractivity contribution in [3.63, 3.8) is 0 Å². The van der Waals surface area contributed by atoms with Gasteiger partial charge < -0.3 is 4.90 Å². The number of nitrogens with zero attached hydrogens (tertiary/aromatic N) is 1. The van der Waals surface area contributed by atoms with Crippen LogP contribution in [0.3, 0.4) is 0 Å². The molecular formula is C20H18N2O3S. The number of sulfonamides is 1. The zero-order valence-corrected chi connectivity index (χ0v) is 14.9. The van der Waals surface area contributed by atoms with E-state index < -0.39 is 10.0 Å². The Morgan fingerprint density at radius 2 is 1.62 bits per heavy atom. The standard InChI is InChI=1S/C20H18N2O3S/c23-20-6-3-13-22(20)18-10-8-17(9-11-18)21-26(24,25)19-12-7-15-4-1-2-5-16(15)14-19/h1-2,4-5,7-12,14,21H,3,6,13H2. The maximum absolute atomic E-state index is 12.7. The highest BCUT2D eigenvalue weighted by Crippen LogP contribution is 2.25. The molecule has 0 unspecified atom stereocenters. The fourth-order valence-corrected chi connectivity index (χ4v) is 4.27. The van der Waals surface area contributed by atoms with Gasteiger partial charge in [0.15, 0.2) is 0 Å². The van der Waals surface area contributed by atoms with Gasteiger partial charge in [0.1, 0.15) is 0 Å². The first-order valence-electron chi connectivity index (χ1n) is 8.45. The van der Waals surface area contributed by atoms with Crippen LogP contribution in [0.15, 0.2) is 71.6 Å². The molecule has 1 amide bonds. The number of benzene rings is 3. The predicted molar refractivity (Wildman–Crippen MR) is 103 cm³/mol. The summed E-state index contributed by atoms with van der Waals surface area (Å²) in [4.78, 5) is 13.7. The highest BCUT2D eigenvalue weighted by atomic mass is 32.2. The van der Waals surface area contributed by atoms with Crippen molar-refractivity contribution in [3.05, 3.63) is 66.7 Å². The molecule has 132 valence electrons. The zero-order chi connectivity index (χ0) is 18.1. The van der Waals surface area contributed by atoms with Crippen molar-refractivity contribution in [3.8, 4) is 0 Å². The number of anilines is 2. The molecular weight excluding hydrogens is 348 g/mol. The number of hydrogen-bond donors (Lipinski definition) is 1. The van der Waals surface area contributed by atoms with E-state index in [1.165, 1.54) is 0 Å². The maximum atomic E-state index is 12.7. The van der Waals surface area contributed by atoms with E-state index in [-0.39, 0.29) is 10.8 Å². The number of carbonyl (C=O) groups is 1. The minimum atomic E-state index is -3.68. The highest BCUT2D eigenvalue weighted by Gasteiger charge is 2.21. The average Bonchev–Trinajstić information content (AvgIpc) is 3.07. The Morgan fingerprint density at radius 1 is 0.885 bits per heavy atom. The lowest BCUT2D eigenvalue weighted by molar-refractivity contribution is -0.117. The third kappa shape index (κ3) is 3.15. The second kappa shape index (κ2) is 6.46. The molecule has 26 heavy (non-hydrogen) atoms. The highest BCUT2D eigenvalue weighted by molar-refractivity contribution is 7.92. The van der Waals surface area contributed by atoms with Gasteiger partial charge in [0, 0.05) is 24.3 Å². The van der Waals surface area contributed by atoms with Crippen molar-refractivity contribution in [1.29, 1.82) is 0 Å². The smallest absolute Gasteiger partial charge is 0.261 e. The lowest BCUT2D eigenvalue weighted by Crippen LogP contribution is -2.23. The van der Waals surface area contributed by atoms with Gasteiger partial charge in [-0.15, -0.1) is 0 Å². The number of carbonyl (C=O) groups excluding carboxylic acids is 1. The summed E-state index contributed by atoms with van der Waals surface area (Å²) in [6.07, 6.45) is 1.42. The second-order valence-corrected chi connectivity index (χ2v) is 7.99. The van der Waals surface area contributed by atoms with Gasteiger partial charge in [-0.25, -0.2) is 8.42 Å². The average molecular weight is 366 g/mol. The Bertz CT molecular complexity index is 1080. The summed E-state index contributed by atoms with van der Waals surface area (Å²) in [5.74, 6) is 0.106. The van der Waals surface area contributed by atoms with Crippen LogP contribution in [-0.4, -0.2) is 20.9 Å². The summed E-state index contributed by atoms with van der Waals surface area (Å²) in [6, 6.07) is 19.6. The molecule has 0 aliphatic carbocycles. The van der Waals surface area contributed by atoms with Crippen molar-refractivity contribution in [1.82, 2.24) is 0 Å². The van der Waals surface area contributed by atoms with E-state index in [4.69, 9.17) is 0 Å². The topological polar surface area (TPSA) is 66.5 Å². The molecule has 0 bridgehead atoms. The first-order valence-corrected chi connectivity index (χ1v) is 9.93. The van der Waals surface area contributed by atoms with Gasteiger partial charge in [-0.1, -0.05) is 30.3 Å². The van der Waals surface area contributed by atoms with Crippen molar-refractivity contribution in [2.24, 2.45) is 0 Å². The summed E-state index contributed by atoms with van der Waals surface area (Å²) in [5.41, 5.74) is 1.26. The summed E-state index contributed by atoms with van der Waals surface area (Å²) in [7, 11) is -3.68. The van der Waals surface area contributed by atoms with Crippen LogP contribution in [0, 0.1) is 0 Å². The fraction of sp³-hybridized carbons (Fsp3) is 0.150. The molecule has 1 aliphatic rings. The fourth-order valence-electron chi connectivity index (χ4n) is 3.18. The van der Waals surface area contributed by atoms with E-state index in [0.717, 1.165) is 22.9 Å². The molecule has 1 fully saturated rings. The SMILES string of the molecule is O=C1CCCN1c1ccc(NS(=O)(=O)c2ccc3ccccc3c2)cc1. The maximum Gasteiger partial charge on any atom is 0.261 e. The quantitative estimate of drug-likeness (QED) is 0.764. The molecule has 1 saturated heterocycles. The van der Waals surface area contributed by atoms with Gasteiger partial charge in [0.25, 0.3) is 10.0 Å². The molecule has 6 heteroatoms. The molecule has 3 aromatic rings. The van der Waals surface area contributed by atoms with Crippen LogP contribution < -0.4 is 9.62 Å². The normalized spacial score (nSPS) is 14.8. The van der Waals surface area contributed by atoms with Crippen molar-refractivity contribution < 1.29 is 13.2 Å². The number of fused-ring (bicyclic) bond motifs is 1. The van der Waals surface area contributed by atoms with E-state index in [1.54, 1.807) is 47.4 Å². The van der Waals surface area contributed by atoms with Crippen LogP contribution in [0.2, 0.25) is 0 Å². The molecule has 1 aliphatic heterocycles. The molecule has 0 spiro atoms. The summed E-state index contributed by atoms with van der Waals surface area (Å²) in [5, 5.41) is 1.87. The van der Waals surface area contributed by atoms with E-state index >= 15 is 0 Å². The summed E-state index contributed by atoms with van der Waals surface area (Å²) in [6.45, 7) is 0.709. The van der Waals surface area contributed by atoms with Gasteiger partial charge in [-0.3, -0.25) is 9.52 Å². The number of amides is 1. The van der Waals surface area contributed by atoms with Crippen LogP contribution in [0.5, 0.6) is 0 Å². The van der Waals surface area contributed by atoms with Crippen LogP contribution in [-0.2, 0) is 14.8 Å². The Kier molecular flexibility index (Phi) is 4.12. The Morgan fingerprint density at radius 3 is 2.31 bits per heavy atom. The van der Waals surface area contributed by atoms with Gasteiger partial charge in [-0.2, -0.15) is 0 Å². The summed E-state index contributed by atoms with van der Waals surface area (Å²) < 4.78 is 27.9. The molecule has 3 aromatic carbocycles. The monoisotopic (exact) mass is 366 g/mol. The largest absolute Gasteiger partial charge is 0.312 e. The van der Waals surface area contributed by atoms with Crippen molar-refractivity contribution in [2.45, 2.75) is 17.7 Å². The Hall–Kier alpha value is -2.86. The molecule has 1 N–H and O–H groups in total. The van der Waals surface area contributed by atoms with Gasteiger partial charge in [-0.05, 0) is 53.6 Å². The predicted octanol–water partition coefficient (Wildman–Crippen LogP) is 3.77. The molecule has 0 atom stereocenters. The number of rotatable bonds is 4. The van der Waals surface area contributed by atoms with Crippen LogP contribution in [0.1, 0.15) is 12.8 Å². The molecule has 0 saturated carbocycles. The molecule has 0 aromatic heterocycles. The molecule has 4 rings (SSSR count). The second-order valence-electron chi connectivity index (χ2n) is 6.31. The van der Waals surface area contributed by atoms with Gasteiger partial charge in [0.2, 0.25) is 5.91 Å². The lowest BCUT2D eigenvalue weighted by Gasteiger charge is -2.16. The Labute approximate surface area is 152 Å². The minimum absolute atomic E-state index is 0.106. The lowest BCUT2D eigenvalue weighted by atomic mass is 10.1. The van der Waals surface area contributed by atoms with Crippen molar-refractivity contribution in [2.75, 3.05) is 16.2 Å². The van der Waals surface area contributed by atoms with E-state index in [9.17, 15) is 13.2 Å². The first kappa shape index (κ1) is 16.6. The number of hydrogen-bond acceptors (Lipinski definition) is 3. The van der Waals surface area contributed by atoms with E-state index in [2.05, 4.69) is 4.72 Å². The van der Waals surface area contributed by atoms with E-state index in [1.807, 2.05) is 24.3 Å². The molecule has 5 nitrogen and oxygen atoms in total. The molecule has 0 radical (unpaired) electrons. The van der Waals surface area contributed by atoms with Gasteiger partial charge in [0.05, 0.1) is 4.90 Å². The van der Waals surface area contributed by atoms with Crippen LogP contribution in [0.4, 0.5) is 11.4 Å². The third-order valence-corrected chi connectivity index (χ3v) is 5.91. The summed E-state index contributed by atoms with van der Waals surface area (Å²) >= 11 is 0. The van der Waals surface area contributed by atoms with E-state index in [0.29, 0.717) is 18.7 Å².